The maximum atomic E-state index is 9.17. The van der Waals surface area contributed by atoms with E-state index in [1.54, 1.807) is 0 Å². The minimum absolute atomic E-state index is 0.275. The molecule has 1 fully saturated rings. The number of hydrogen-bond donors (Lipinski definition) is 2. The van der Waals surface area contributed by atoms with Crippen LogP contribution in [0.2, 0.25) is 0 Å². The Hall–Kier alpha value is -1.13. The molecule has 3 N–H and O–H groups in total. The highest BCUT2D eigenvalue weighted by Gasteiger charge is 2.19. The van der Waals surface area contributed by atoms with Crippen LogP contribution >= 0.6 is 0 Å². The zero-order valence-electron chi connectivity index (χ0n) is 9.47. The Balaban J connectivity index is 2.05. The standard InChI is InChI=1S/C12H19N3O/c13-6-10-3-4-12(14-7-10)15-5-1-2-11(8-15)9-16/h3-4,7,11,16H,1-2,5-6,8-9,13H2. The van der Waals surface area contributed by atoms with Gasteiger partial charge in [0.25, 0.3) is 0 Å². The van der Waals surface area contributed by atoms with Crippen molar-refractivity contribution in [3.05, 3.63) is 23.9 Å². The van der Waals surface area contributed by atoms with Crippen LogP contribution in [-0.2, 0) is 6.54 Å². The number of hydrogen-bond acceptors (Lipinski definition) is 4. The number of aliphatic hydroxyl groups is 1. The Morgan fingerprint density at radius 3 is 3.00 bits per heavy atom. The van der Waals surface area contributed by atoms with E-state index in [1.807, 2.05) is 18.3 Å². The number of nitrogens with two attached hydrogens (primary N) is 1. The fourth-order valence-electron chi connectivity index (χ4n) is 2.15. The molecule has 0 saturated carbocycles. The van der Waals surface area contributed by atoms with Gasteiger partial charge in [0.15, 0.2) is 0 Å². The number of aromatic nitrogens is 1. The molecular formula is C12H19N3O. The molecule has 2 heterocycles. The molecule has 0 aromatic carbocycles. The lowest BCUT2D eigenvalue weighted by molar-refractivity contribution is 0.208. The van der Waals surface area contributed by atoms with Crippen molar-refractivity contribution in [1.82, 2.24) is 4.98 Å². The molecule has 0 spiro atoms. The quantitative estimate of drug-likeness (QED) is 0.790. The van der Waals surface area contributed by atoms with Gasteiger partial charge in [0.1, 0.15) is 5.82 Å². The number of nitrogens with zero attached hydrogens (tertiary/aromatic N) is 2. The summed E-state index contributed by atoms with van der Waals surface area (Å²) in [6, 6.07) is 4.03. The van der Waals surface area contributed by atoms with Gasteiger partial charge in [0.2, 0.25) is 0 Å². The van der Waals surface area contributed by atoms with Crippen molar-refractivity contribution in [1.29, 1.82) is 0 Å². The monoisotopic (exact) mass is 221 g/mol. The van der Waals surface area contributed by atoms with Crippen LogP contribution in [-0.4, -0.2) is 29.8 Å². The van der Waals surface area contributed by atoms with Crippen LogP contribution in [0.4, 0.5) is 5.82 Å². The van der Waals surface area contributed by atoms with Gasteiger partial charge in [-0.05, 0) is 30.4 Å². The van der Waals surface area contributed by atoms with E-state index in [0.29, 0.717) is 12.5 Å². The molecule has 88 valence electrons. The molecule has 1 saturated heterocycles. The number of anilines is 1. The van der Waals surface area contributed by atoms with E-state index in [9.17, 15) is 5.11 Å². The van der Waals surface area contributed by atoms with Crippen LogP contribution in [0, 0.1) is 5.92 Å². The maximum Gasteiger partial charge on any atom is 0.128 e. The van der Waals surface area contributed by atoms with Gasteiger partial charge in [-0.2, -0.15) is 0 Å². The van der Waals surface area contributed by atoms with Gasteiger partial charge < -0.3 is 15.7 Å². The molecule has 0 aliphatic carbocycles. The molecule has 1 aromatic rings. The SMILES string of the molecule is NCc1ccc(N2CCCC(CO)C2)nc1. The van der Waals surface area contributed by atoms with Crippen molar-refractivity contribution in [3.63, 3.8) is 0 Å². The first-order valence-electron chi connectivity index (χ1n) is 5.84. The molecule has 4 nitrogen and oxygen atoms in total. The summed E-state index contributed by atoms with van der Waals surface area (Å²) in [6.45, 7) is 2.75. The minimum atomic E-state index is 0.275. The molecular weight excluding hydrogens is 202 g/mol. The normalized spacial score (nSPS) is 21.1. The van der Waals surface area contributed by atoms with Gasteiger partial charge in [-0.1, -0.05) is 6.07 Å². The number of rotatable bonds is 3. The summed E-state index contributed by atoms with van der Waals surface area (Å²) < 4.78 is 0. The highest BCUT2D eigenvalue weighted by molar-refractivity contribution is 5.39. The van der Waals surface area contributed by atoms with Gasteiger partial charge in [0, 0.05) is 32.4 Å². The fraction of sp³-hybridized carbons (Fsp3) is 0.583. The molecule has 1 aromatic heterocycles. The average molecular weight is 221 g/mol. The van der Waals surface area contributed by atoms with Crippen molar-refractivity contribution in [2.45, 2.75) is 19.4 Å². The van der Waals surface area contributed by atoms with Crippen molar-refractivity contribution in [3.8, 4) is 0 Å². The Morgan fingerprint density at radius 1 is 1.50 bits per heavy atom. The molecule has 1 unspecified atom stereocenters. The predicted molar refractivity (Wildman–Crippen MR) is 64.2 cm³/mol. The second-order valence-electron chi connectivity index (χ2n) is 4.37. The Kier molecular flexibility index (Phi) is 3.74. The van der Waals surface area contributed by atoms with Crippen LogP contribution in [0.5, 0.6) is 0 Å². The summed E-state index contributed by atoms with van der Waals surface area (Å²) >= 11 is 0. The topological polar surface area (TPSA) is 62.4 Å². The van der Waals surface area contributed by atoms with Crippen molar-refractivity contribution >= 4 is 5.82 Å². The fourth-order valence-corrected chi connectivity index (χ4v) is 2.15. The Morgan fingerprint density at radius 2 is 2.38 bits per heavy atom. The number of aliphatic hydroxyl groups excluding tert-OH is 1. The highest BCUT2D eigenvalue weighted by atomic mass is 16.3. The zero-order valence-corrected chi connectivity index (χ0v) is 9.47. The molecule has 1 atom stereocenters. The van der Waals surface area contributed by atoms with Crippen molar-refractivity contribution in [2.75, 3.05) is 24.6 Å². The lowest BCUT2D eigenvalue weighted by Gasteiger charge is -2.32. The van der Waals surface area contributed by atoms with E-state index >= 15 is 0 Å². The molecule has 4 heteroatoms. The minimum Gasteiger partial charge on any atom is -0.396 e. The largest absolute Gasteiger partial charge is 0.396 e. The molecule has 0 bridgehead atoms. The first-order chi connectivity index (χ1) is 7.83. The van der Waals surface area contributed by atoms with E-state index in [4.69, 9.17) is 5.73 Å². The lowest BCUT2D eigenvalue weighted by Crippen LogP contribution is -2.37. The van der Waals surface area contributed by atoms with E-state index in [-0.39, 0.29) is 6.61 Å². The Bertz CT molecular complexity index is 326. The smallest absolute Gasteiger partial charge is 0.128 e. The number of pyridine rings is 1. The van der Waals surface area contributed by atoms with E-state index in [2.05, 4.69) is 9.88 Å². The van der Waals surface area contributed by atoms with Gasteiger partial charge >= 0.3 is 0 Å². The van der Waals surface area contributed by atoms with Crippen LogP contribution in [0.25, 0.3) is 0 Å². The van der Waals surface area contributed by atoms with E-state index in [1.165, 1.54) is 0 Å². The van der Waals surface area contributed by atoms with Gasteiger partial charge in [-0.3, -0.25) is 0 Å². The number of piperidine rings is 1. The molecule has 0 amide bonds. The molecule has 2 rings (SSSR count). The summed E-state index contributed by atoms with van der Waals surface area (Å²) in [6.07, 6.45) is 4.08. The van der Waals surface area contributed by atoms with E-state index in [0.717, 1.165) is 37.3 Å². The second-order valence-corrected chi connectivity index (χ2v) is 4.37. The van der Waals surface area contributed by atoms with Crippen molar-refractivity contribution in [2.24, 2.45) is 11.7 Å². The summed E-state index contributed by atoms with van der Waals surface area (Å²) in [4.78, 5) is 6.65. The molecule has 16 heavy (non-hydrogen) atoms. The third-order valence-corrected chi connectivity index (χ3v) is 3.15. The summed E-state index contributed by atoms with van der Waals surface area (Å²) in [7, 11) is 0. The second kappa shape index (κ2) is 5.27. The molecule has 1 aliphatic heterocycles. The third-order valence-electron chi connectivity index (χ3n) is 3.15. The average Bonchev–Trinajstić information content (AvgIpc) is 2.39. The summed E-state index contributed by atoms with van der Waals surface area (Å²) in [5.41, 5.74) is 6.59. The first-order valence-corrected chi connectivity index (χ1v) is 5.84. The third kappa shape index (κ3) is 2.51. The first kappa shape index (κ1) is 11.4. The highest BCUT2D eigenvalue weighted by Crippen LogP contribution is 2.21. The van der Waals surface area contributed by atoms with Crippen molar-refractivity contribution < 1.29 is 5.11 Å². The molecule has 0 radical (unpaired) electrons. The Labute approximate surface area is 96.1 Å². The van der Waals surface area contributed by atoms with Crippen LogP contribution in [0.3, 0.4) is 0 Å². The maximum absolute atomic E-state index is 9.17. The zero-order chi connectivity index (χ0) is 11.4. The summed E-state index contributed by atoms with van der Waals surface area (Å²) in [5, 5.41) is 9.17. The van der Waals surface area contributed by atoms with Crippen LogP contribution < -0.4 is 10.6 Å². The summed E-state index contributed by atoms with van der Waals surface area (Å²) in [5.74, 6) is 1.39. The van der Waals surface area contributed by atoms with E-state index < -0.39 is 0 Å². The van der Waals surface area contributed by atoms with Crippen LogP contribution in [0.1, 0.15) is 18.4 Å². The predicted octanol–water partition coefficient (Wildman–Crippen LogP) is 0.749. The van der Waals surface area contributed by atoms with Crippen LogP contribution in [0.15, 0.2) is 18.3 Å². The van der Waals surface area contributed by atoms with Gasteiger partial charge in [-0.25, -0.2) is 4.98 Å². The lowest BCUT2D eigenvalue weighted by atomic mass is 9.99. The van der Waals surface area contributed by atoms with Gasteiger partial charge in [0.05, 0.1) is 0 Å². The molecule has 1 aliphatic rings. The van der Waals surface area contributed by atoms with Gasteiger partial charge in [-0.15, -0.1) is 0 Å².